The lowest BCUT2D eigenvalue weighted by Crippen LogP contribution is -2.37. The second-order valence-corrected chi connectivity index (χ2v) is 6.29. The Kier molecular flexibility index (Phi) is 5.17. The van der Waals surface area contributed by atoms with Crippen molar-refractivity contribution in [1.29, 1.82) is 0 Å². The van der Waals surface area contributed by atoms with Crippen molar-refractivity contribution in [2.24, 2.45) is 11.8 Å². The van der Waals surface area contributed by atoms with E-state index in [1.165, 1.54) is 6.07 Å². The lowest BCUT2D eigenvalue weighted by molar-refractivity contribution is 0.0924. The number of carbonyl (C=O) groups excluding carboxylic acids is 1. The van der Waals surface area contributed by atoms with Crippen LogP contribution in [0.25, 0.3) is 0 Å². The molecule has 1 aromatic rings. The summed E-state index contributed by atoms with van der Waals surface area (Å²) in [4.78, 5) is 26.8. The molecule has 0 aliphatic heterocycles. The Morgan fingerprint density at radius 2 is 2.14 bits per heavy atom. The van der Waals surface area contributed by atoms with Crippen molar-refractivity contribution < 1.29 is 9.90 Å². The van der Waals surface area contributed by atoms with Crippen LogP contribution in [0.5, 0.6) is 0 Å². The third-order valence-corrected chi connectivity index (χ3v) is 3.74. The van der Waals surface area contributed by atoms with Gasteiger partial charge in [0.1, 0.15) is 0 Å². The lowest BCUT2D eigenvalue weighted by Gasteiger charge is -2.17. The highest BCUT2D eigenvalue weighted by Crippen LogP contribution is 2.34. The van der Waals surface area contributed by atoms with Gasteiger partial charge in [-0.1, -0.05) is 13.8 Å². The molecule has 1 fully saturated rings. The fourth-order valence-electron chi connectivity index (χ4n) is 2.60. The van der Waals surface area contributed by atoms with Crippen LogP contribution in [0.15, 0.2) is 16.9 Å². The lowest BCUT2D eigenvalue weighted by atomic mass is 10.1. The van der Waals surface area contributed by atoms with Crippen molar-refractivity contribution in [3.63, 3.8) is 0 Å². The fourth-order valence-corrected chi connectivity index (χ4v) is 2.60. The summed E-state index contributed by atoms with van der Waals surface area (Å²) < 4.78 is 0. The molecule has 1 aliphatic rings. The third-order valence-electron chi connectivity index (χ3n) is 3.74. The van der Waals surface area contributed by atoms with Crippen LogP contribution in [0.1, 0.15) is 49.2 Å². The molecule has 5 nitrogen and oxygen atoms in total. The topological polar surface area (TPSA) is 82.2 Å². The maximum atomic E-state index is 12.3. The molecule has 3 N–H and O–H groups in total. The minimum absolute atomic E-state index is 0.00957. The summed E-state index contributed by atoms with van der Waals surface area (Å²) in [5.74, 6) is 0.655. The quantitative estimate of drug-likeness (QED) is 0.711. The van der Waals surface area contributed by atoms with Gasteiger partial charge in [-0.05, 0) is 43.6 Å². The van der Waals surface area contributed by atoms with Gasteiger partial charge in [-0.25, -0.2) is 0 Å². The van der Waals surface area contributed by atoms with Gasteiger partial charge >= 0.3 is 0 Å². The van der Waals surface area contributed by atoms with Crippen LogP contribution in [0.2, 0.25) is 0 Å². The second kappa shape index (κ2) is 6.89. The Morgan fingerprint density at radius 1 is 1.43 bits per heavy atom. The van der Waals surface area contributed by atoms with Gasteiger partial charge in [0.05, 0.1) is 0 Å². The minimum atomic E-state index is -0.247. The molecule has 1 amide bonds. The molecule has 5 heteroatoms. The molecular formula is C16H24N2O3. The first-order chi connectivity index (χ1) is 9.99. The maximum absolute atomic E-state index is 12.3. The molecular weight excluding hydrogens is 268 g/mol. The number of amides is 1. The molecule has 1 atom stereocenters. The van der Waals surface area contributed by atoms with E-state index in [9.17, 15) is 9.59 Å². The van der Waals surface area contributed by atoms with E-state index in [1.807, 2.05) is 0 Å². The average molecular weight is 292 g/mol. The Hall–Kier alpha value is -1.62. The Labute approximate surface area is 124 Å². The predicted molar refractivity (Wildman–Crippen MR) is 81.3 cm³/mol. The molecule has 0 aromatic carbocycles. The number of hydrogen-bond donors (Lipinski definition) is 3. The first-order valence-electron chi connectivity index (χ1n) is 7.64. The van der Waals surface area contributed by atoms with Crippen molar-refractivity contribution in [2.45, 2.75) is 45.6 Å². The normalized spacial score (nSPS) is 16.0. The maximum Gasteiger partial charge on any atom is 0.251 e. The van der Waals surface area contributed by atoms with Crippen LogP contribution >= 0.6 is 0 Å². The van der Waals surface area contributed by atoms with Crippen molar-refractivity contribution in [2.75, 3.05) is 6.61 Å². The van der Waals surface area contributed by atoms with E-state index in [0.29, 0.717) is 23.8 Å². The number of aromatic nitrogens is 1. The van der Waals surface area contributed by atoms with Gasteiger partial charge in [-0.3, -0.25) is 9.59 Å². The van der Waals surface area contributed by atoms with Crippen LogP contribution in [0, 0.1) is 11.8 Å². The largest absolute Gasteiger partial charge is 0.396 e. The van der Waals surface area contributed by atoms with E-state index < -0.39 is 0 Å². The summed E-state index contributed by atoms with van der Waals surface area (Å²) in [6.45, 7) is 4.19. The summed E-state index contributed by atoms with van der Waals surface area (Å²) >= 11 is 0. The van der Waals surface area contributed by atoms with Gasteiger partial charge < -0.3 is 15.4 Å². The molecule has 1 unspecified atom stereocenters. The van der Waals surface area contributed by atoms with Crippen LogP contribution in [0.3, 0.4) is 0 Å². The number of carbonyl (C=O) groups is 1. The van der Waals surface area contributed by atoms with Crippen LogP contribution in [0.4, 0.5) is 0 Å². The van der Waals surface area contributed by atoms with Crippen LogP contribution in [-0.2, 0) is 6.42 Å². The van der Waals surface area contributed by atoms with Crippen LogP contribution in [-0.4, -0.2) is 28.6 Å². The molecule has 0 spiro atoms. The minimum Gasteiger partial charge on any atom is -0.396 e. The number of aromatic amines is 1. The van der Waals surface area contributed by atoms with E-state index in [4.69, 9.17) is 5.11 Å². The number of H-pyrrole nitrogens is 1. The first kappa shape index (κ1) is 15.8. The molecule has 116 valence electrons. The van der Waals surface area contributed by atoms with Crippen molar-refractivity contribution >= 4 is 5.91 Å². The highest BCUT2D eigenvalue weighted by molar-refractivity contribution is 5.94. The van der Waals surface area contributed by atoms with E-state index in [-0.39, 0.29) is 24.1 Å². The summed E-state index contributed by atoms with van der Waals surface area (Å²) in [6.07, 6.45) is 3.50. The Balaban J connectivity index is 2.10. The van der Waals surface area contributed by atoms with E-state index in [2.05, 4.69) is 24.1 Å². The third kappa shape index (κ3) is 4.70. The van der Waals surface area contributed by atoms with Gasteiger partial charge in [-0.2, -0.15) is 0 Å². The molecule has 1 saturated carbocycles. The molecule has 0 saturated heterocycles. The smallest absolute Gasteiger partial charge is 0.251 e. The highest BCUT2D eigenvalue weighted by atomic mass is 16.3. The van der Waals surface area contributed by atoms with Gasteiger partial charge in [0, 0.05) is 30.0 Å². The van der Waals surface area contributed by atoms with Gasteiger partial charge in [0.2, 0.25) is 5.56 Å². The monoisotopic (exact) mass is 292 g/mol. The zero-order valence-corrected chi connectivity index (χ0v) is 12.7. The molecule has 0 bridgehead atoms. The predicted octanol–water partition coefficient (Wildman–Crippen LogP) is 1.46. The van der Waals surface area contributed by atoms with E-state index in [1.54, 1.807) is 6.07 Å². The number of pyridine rings is 1. The number of aliphatic hydroxyl groups is 1. The van der Waals surface area contributed by atoms with Crippen molar-refractivity contribution in [3.05, 3.63) is 33.7 Å². The van der Waals surface area contributed by atoms with E-state index >= 15 is 0 Å². The zero-order chi connectivity index (χ0) is 15.4. The molecule has 2 rings (SSSR count). The number of rotatable bonds is 7. The highest BCUT2D eigenvalue weighted by Gasteiger charge is 2.32. The van der Waals surface area contributed by atoms with E-state index in [0.717, 1.165) is 25.0 Å². The molecule has 21 heavy (non-hydrogen) atoms. The number of aliphatic hydroxyl groups excluding tert-OH is 1. The average Bonchev–Trinajstić information content (AvgIpc) is 3.20. The molecule has 1 aliphatic carbocycles. The Bertz CT molecular complexity index is 547. The molecule has 1 heterocycles. The molecule has 1 aromatic heterocycles. The van der Waals surface area contributed by atoms with Crippen molar-refractivity contribution in [1.82, 2.24) is 10.3 Å². The standard InChI is InChI=1S/C16H24N2O3/c1-10(2)7-13-8-12(9-15(20)17-13)16(21)18-14(5-6-19)11-3-4-11/h8-11,14,19H,3-7H2,1-2H3,(H,17,20)(H,18,21). The summed E-state index contributed by atoms with van der Waals surface area (Å²) in [7, 11) is 0. The number of hydrogen-bond acceptors (Lipinski definition) is 3. The number of nitrogens with one attached hydrogen (secondary N) is 2. The summed E-state index contributed by atoms with van der Waals surface area (Å²) in [5.41, 5.74) is 0.939. The first-order valence-corrected chi connectivity index (χ1v) is 7.64. The van der Waals surface area contributed by atoms with Gasteiger partial charge in [-0.15, -0.1) is 0 Å². The van der Waals surface area contributed by atoms with Gasteiger partial charge in [0.25, 0.3) is 5.91 Å². The zero-order valence-electron chi connectivity index (χ0n) is 12.7. The van der Waals surface area contributed by atoms with Crippen LogP contribution < -0.4 is 10.9 Å². The SMILES string of the molecule is CC(C)Cc1cc(C(=O)NC(CCO)C2CC2)cc(=O)[nH]1. The summed E-state index contributed by atoms with van der Waals surface area (Å²) in [5, 5.41) is 12.0. The van der Waals surface area contributed by atoms with Gasteiger partial charge in [0.15, 0.2) is 0 Å². The Morgan fingerprint density at radius 3 is 2.71 bits per heavy atom. The van der Waals surface area contributed by atoms with Crippen molar-refractivity contribution in [3.8, 4) is 0 Å². The summed E-state index contributed by atoms with van der Waals surface area (Å²) in [6, 6.07) is 3.09. The molecule has 0 radical (unpaired) electrons. The second-order valence-electron chi connectivity index (χ2n) is 6.29. The fraction of sp³-hybridized carbons (Fsp3) is 0.625.